The van der Waals surface area contributed by atoms with Crippen molar-refractivity contribution in [3.8, 4) is 11.5 Å². The number of phenols is 2. The zero-order chi connectivity index (χ0) is 16.4. The number of aromatic hydroxyl groups is 2. The van der Waals surface area contributed by atoms with E-state index in [1.165, 1.54) is 29.4 Å². The lowest BCUT2D eigenvalue weighted by molar-refractivity contribution is 0.0949. The summed E-state index contributed by atoms with van der Waals surface area (Å²) < 4.78 is 0. The standard InChI is InChI=1S/C18H20N2O3/c1-20-7-6-12(16-4-2-3-5-17(16)20)11-19-18(23)13-8-14(21)10-15(22)9-13/h2-5,8-10,12,21-22H,6-7,11H2,1H3,(H,19,23)/t12-/m0/s1. The maximum absolute atomic E-state index is 12.2. The predicted octanol–water partition coefficient (Wildman–Crippen LogP) is 2.45. The number of amides is 1. The number of hydrogen-bond donors (Lipinski definition) is 3. The first-order chi connectivity index (χ1) is 11.0. The Hall–Kier alpha value is -2.69. The van der Waals surface area contributed by atoms with Crippen molar-refractivity contribution in [3.05, 3.63) is 53.6 Å². The molecule has 5 heteroatoms. The van der Waals surface area contributed by atoms with E-state index in [1.54, 1.807) is 0 Å². The third kappa shape index (κ3) is 3.23. The highest BCUT2D eigenvalue weighted by Crippen LogP contribution is 2.33. The zero-order valence-corrected chi connectivity index (χ0v) is 13.0. The minimum absolute atomic E-state index is 0.125. The van der Waals surface area contributed by atoms with E-state index < -0.39 is 0 Å². The van der Waals surface area contributed by atoms with Crippen LogP contribution in [0.4, 0.5) is 5.69 Å². The first-order valence-corrected chi connectivity index (χ1v) is 7.66. The van der Waals surface area contributed by atoms with Gasteiger partial charge in [0.15, 0.2) is 0 Å². The number of fused-ring (bicyclic) bond motifs is 1. The zero-order valence-electron chi connectivity index (χ0n) is 13.0. The number of benzene rings is 2. The molecule has 1 aliphatic rings. The SMILES string of the molecule is CN1CC[C@@H](CNC(=O)c2cc(O)cc(O)c2)c2ccccc21. The van der Waals surface area contributed by atoms with Crippen molar-refractivity contribution in [1.82, 2.24) is 5.32 Å². The summed E-state index contributed by atoms with van der Waals surface area (Å²) >= 11 is 0. The maximum Gasteiger partial charge on any atom is 0.251 e. The van der Waals surface area contributed by atoms with E-state index in [9.17, 15) is 15.0 Å². The molecule has 0 saturated carbocycles. The van der Waals surface area contributed by atoms with Gasteiger partial charge in [0.2, 0.25) is 0 Å². The number of carbonyl (C=O) groups excluding carboxylic acids is 1. The lowest BCUT2D eigenvalue weighted by Crippen LogP contribution is -2.34. The molecule has 0 bridgehead atoms. The average molecular weight is 312 g/mol. The van der Waals surface area contributed by atoms with Crippen LogP contribution in [0.15, 0.2) is 42.5 Å². The van der Waals surface area contributed by atoms with Gasteiger partial charge >= 0.3 is 0 Å². The molecule has 1 aliphatic heterocycles. The van der Waals surface area contributed by atoms with Gasteiger partial charge in [-0.05, 0) is 30.2 Å². The van der Waals surface area contributed by atoms with E-state index in [4.69, 9.17) is 0 Å². The van der Waals surface area contributed by atoms with Crippen LogP contribution in [0.5, 0.6) is 11.5 Å². The maximum atomic E-state index is 12.2. The van der Waals surface area contributed by atoms with E-state index in [-0.39, 0.29) is 28.9 Å². The molecule has 0 fully saturated rings. The molecule has 2 aromatic rings. The van der Waals surface area contributed by atoms with Crippen LogP contribution in [-0.2, 0) is 0 Å². The molecule has 5 nitrogen and oxygen atoms in total. The highest BCUT2D eigenvalue weighted by Gasteiger charge is 2.23. The summed E-state index contributed by atoms with van der Waals surface area (Å²) in [7, 11) is 2.07. The van der Waals surface area contributed by atoms with Crippen LogP contribution in [0, 0.1) is 0 Å². The third-order valence-electron chi connectivity index (χ3n) is 4.27. The summed E-state index contributed by atoms with van der Waals surface area (Å²) in [5.41, 5.74) is 2.69. The summed E-state index contributed by atoms with van der Waals surface area (Å²) in [6.45, 7) is 1.48. The number of anilines is 1. The topological polar surface area (TPSA) is 72.8 Å². The number of phenolic OH excluding ortho intramolecular Hbond substituents is 2. The molecule has 23 heavy (non-hydrogen) atoms. The normalized spacial score (nSPS) is 16.7. The Morgan fingerprint density at radius 3 is 2.65 bits per heavy atom. The highest BCUT2D eigenvalue weighted by molar-refractivity contribution is 5.95. The lowest BCUT2D eigenvalue weighted by atomic mass is 9.90. The number of nitrogens with one attached hydrogen (secondary N) is 1. The summed E-state index contributed by atoms with van der Waals surface area (Å²) in [5.74, 6) is -0.288. The molecule has 3 rings (SSSR count). The van der Waals surface area contributed by atoms with Crippen LogP contribution in [0.1, 0.15) is 28.3 Å². The summed E-state index contributed by atoms with van der Waals surface area (Å²) in [6.07, 6.45) is 0.971. The summed E-state index contributed by atoms with van der Waals surface area (Å²) in [5, 5.41) is 21.8. The van der Waals surface area contributed by atoms with Gasteiger partial charge < -0.3 is 20.4 Å². The van der Waals surface area contributed by atoms with E-state index >= 15 is 0 Å². The molecule has 0 unspecified atom stereocenters. The summed E-state index contributed by atoms with van der Waals surface area (Å²) in [4.78, 5) is 14.4. The number of rotatable bonds is 3. The van der Waals surface area contributed by atoms with Gasteiger partial charge in [-0.25, -0.2) is 0 Å². The fourth-order valence-corrected chi connectivity index (χ4v) is 3.06. The van der Waals surface area contributed by atoms with Crippen molar-refractivity contribution in [1.29, 1.82) is 0 Å². The molecule has 1 atom stereocenters. The van der Waals surface area contributed by atoms with E-state index in [0.717, 1.165) is 13.0 Å². The summed E-state index contributed by atoms with van der Waals surface area (Å²) in [6, 6.07) is 12.1. The largest absolute Gasteiger partial charge is 0.508 e. The fraction of sp³-hybridized carbons (Fsp3) is 0.278. The van der Waals surface area contributed by atoms with Gasteiger partial charge in [-0.3, -0.25) is 4.79 Å². The van der Waals surface area contributed by atoms with E-state index in [2.05, 4.69) is 29.4 Å². The van der Waals surface area contributed by atoms with Crippen molar-refractivity contribution in [3.63, 3.8) is 0 Å². The van der Waals surface area contributed by atoms with Crippen molar-refractivity contribution in [2.24, 2.45) is 0 Å². The van der Waals surface area contributed by atoms with Crippen molar-refractivity contribution in [2.75, 3.05) is 25.0 Å². The molecule has 0 aliphatic carbocycles. The Kier molecular flexibility index (Phi) is 4.10. The Morgan fingerprint density at radius 2 is 1.91 bits per heavy atom. The van der Waals surface area contributed by atoms with Gasteiger partial charge in [0.25, 0.3) is 5.91 Å². The van der Waals surface area contributed by atoms with Crippen molar-refractivity contribution >= 4 is 11.6 Å². The minimum Gasteiger partial charge on any atom is -0.508 e. The predicted molar refractivity (Wildman–Crippen MR) is 89.2 cm³/mol. The van der Waals surface area contributed by atoms with Gasteiger partial charge in [-0.1, -0.05) is 18.2 Å². The Morgan fingerprint density at radius 1 is 1.22 bits per heavy atom. The van der Waals surface area contributed by atoms with Crippen LogP contribution >= 0.6 is 0 Å². The molecule has 3 N–H and O–H groups in total. The Balaban J connectivity index is 1.71. The smallest absolute Gasteiger partial charge is 0.251 e. The van der Waals surface area contributed by atoms with E-state index in [1.807, 2.05) is 12.1 Å². The van der Waals surface area contributed by atoms with Crippen molar-refractivity contribution in [2.45, 2.75) is 12.3 Å². The molecule has 1 heterocycles. The van der Waals surface area contributed by atoms with Crippen LogP contribution < -0.4 is 10.2 Å². The minimum atomic E-state index is -0.299. The Labute approximate surface area is 135 Å². The number of para-hydroxylation sites is 1. The molecule has 2 aromatic carbocycles. The third-order valence-corrected chi connectivity index (χ3v) is 4.27. The van der Waals surface area contributed by atoms with Gasteiger partial charge in [0.1, 0.15) is 11.5 Å². The second-order valence-electron chi connectivity index (χ2n) is 5.91. The average Bonchev–Trinajstić information content (AvgIpc) is 2.53. The van der Waals surface area contributed by atoms with Crippen LogP contribution in [-0.4, -0.2) is 36.3 Å². The molecule has 1 amide bonds. The van der Waals surface area contributed by atoms with Crippen LogP contribution in [0.2, 0.25) is 0 Å². The molecular weight excluding hydrogens is 292 g/mol. The van der Waals surface area contributed by atoms with Gasteiger partial charge in [-0.2, -0.15) is 0 Å². The molecule has 0 radical (unpaired) electrons. The Bertz CT molecular complexity index is 710. The molecule has 0 saturated heterocycles. The molecular formula is C18H20N2O3. The first-order valence-electron chi connectivity index (χ1n) is 7.66. The van der Waals surface area contributed by atoms with Crippen LogP contribution in [0.25, 0.3) is 0 Å². The van der Waals surface area contributed by atoms with Gasteiger partial charge in [0, 0.05) is 43.4 Å². The lowest BCUT2D eigenvalue weighted by Gasteiger charge is -2.33. The number of nitrogens with zero attached hydrogens (tertiary/aromatic N) is 1. The van der Waals surface area contributed by atoms with Gasteiger partial charge in [-0.15, -0.1) is 0 Å². The van der Waals surface area contributed by atoms with Crippen molar-refractivity contribution < 1.29 is 15.0 Å². The quantitative estimate of drug-likeness (QED) is 0.814. The number of carbonyl (C=O) groups is 1. The first kappa shape index (κ1) is 15.2. The fourth-order valence-electron chi connectivity index (χ4n) is 3.06. The molecule has 0 spiro atoms. The second kappa shape index (κ2) is 6.20. The van der Waals surface area contributed by atoms with Crippen LogP contribution in [0.3, 0.4) is 0 Å². The molecule has 120 valence electrons. The van der Waals surface area contributed by atoms with E-state index in [0.29, 0.717) is 6.54 Å². The molecule has 0 aromatic heterocycles. The van der Waals surface area contributed by atoms with Gasteiger partial charge in [0.05, 0.1) is 0 Å². The highest BCUT2D eigenvalue weighted by atomic mass is 16.3. The monoisotopic (exact) mass is 312 g/mol. The number of hydrogen-bond acceptors (Lipinski definition) is 4. The second-order valence-corrected chi connectivity index (χ2v) is 5.91.